The number of carbonyl (C=O) groups excluding carboxylic acids is 3. The summed E-state index contributed by atoms with van der Waals surface area (Å²) in [7, 11) is 0. The second-order valence-corrected chi connectivity index (χ2v) is 4.88. The standard InChI is InChI=1S/C15H21N3O3/c1-3-10(2)13(14(16)20)18-12(19)9-17-15(21)11-7-5-4-6-8-11/h4-8,10,13H,3,9H2,1-2H3,(H2,16,20)(H,17,21)(H,18,19)/t10-,13+/m1/s1. The number of hydrogen-bond acceptors (Lipinski definition) is 3. The van der Waals surface area contributed by atoms with Crippen molar-refractivity contribution in [2.75, 3.05) is 6.54 Å². The van der Waals surface area contributed by atoms with Gasteiger partial charge in [-0.05, 0) is 18.1 Å². The van der Waals surface area contributed by atoms with E-state index in [1.165, 1.54) is 0 Å². The lowest BCUT2D eigenvalue weighted by atomic mass is 9.98. The smallest absolute Gasteiger partial charge is 0.251 e. The fraction of sp³-hybridized carbons (Fsp3) is 0.400. The summed E-state index contributed by atoms with van der Waals surface area (Å²) in [5, 5.41) is 5.04. The van der Waals surface area contributed by atoms with Gasteiger partial charge >= 0.3 is 0 Å². The van der Waals surface area contributed by atoms with Crippen molar-refractivity contribution >= 4 is 17.7 Å². The van der Waals surface area contributed by atoms with Gasteiger partial charge in [-0.25, -0.2) is 0 Å². The van der Waals surface area contributed by atoms with Crippen molar-refractivity contribution in [2.24, 2.45) is 11.7 Å². The highest BCUT2D eigenvalue weighted by atomic mass is 16.2. The zero-order chi connectivity index (χ0) is 15.8. The quantitative estimate of drug-likeness (QED) is 0.679. The highest BCUT2D eigenvalue weighted by Crippen LogP contribution is 2.06. The third-order valence-electron chi connectivity index (χ3n) is 3.28. The van der Waals surface area contributed by atoms with Gasteiger partial charge in [0, 0.05) is 5.56 Å². The van der Waals surface area contributed by atoms with Gasteiger partial charge < -0.3 is 16.4 Å². The second kappa shape index (κ2) is 8.04. The van der Waals surface area contributed by atoms with Gasteiger partial charge in [-0.3, -0.25) is 14.4 Å². The molecule has 0 spiro atoms. The predicted molar refractivity (Wildman–Crippen MR) is 79.4 cm³/mol. The molecule has 4 N–H and O–H groups in total. The van der Waals surface area contributed by atoms with Gasteiger partial charge in [0.15, 0.2) is 0 Å². The SMILES string of the molecule is CC[C@@H](C)[C@H](NC(=O)CNC(=O)c1ccccc1)C(N)=O. The first-order valence-electron chi connectivity index (χ1n) is 6.87. The zero-order valence-corrected chi connectivity index (χ0v) is 12.3. The molecule has 1 rings (SSSR count). The average Bonchev–Trinajstić information content (AvgIpc) is 2.50. The van der Waals surface area contributed by atoms with E-state index in [9.17, 15) is 14.4 Å². The summed E-state index contributed by atoms with van der Waals surface area (Å²) in [4.78, 5) is 34.9. The summed E-state index contributed by atoms with van der Waals surface area (Å²) in [5.74, 6) is -1.42. The van der Waals surface area contributed by atoms with E-state index in [2.05, 4.69) is 10.6 Å². The van der Waals surface area contributed by atoms with Gasteiger partial charge in [0.25, 0.3) is 5.91 Å². The first-order valence-corrected chi connectivity index (χ1v) is 6.87. The Morgan fingerprint density at radius 1 is 1.19 bits per heavy atom. The molecule has 0 fully saturated rings. The van der Waals surface area contributed by atoms with E-state index in [1.54, 1.807) is 30.3 Å². The molecule has 0 saturated heterocycles. The van der Waals surface area contributed by atoms with Crippen LogP contribution >= 0.6 is 0 Å². The molecule has 3 amide bonds. The number of hydrogen-bond donors (Lipinski definition) is 3. The van der Waals surface area contributed by atoms with Crippen LogP contribution in [0.3, 0.4) is 0 Å². The van der Waals surface area contributed by atoms with E-state index in [0.29, 0.717) is 12.0 Å². The summed E-state index contributed by atoms with van der Waals surface area (Å²) in [5.41, 5.74) is 5.74. The molecule has 0 bridgehead atoms. The van der Waals surface area contributed by atoms with Crippen LogP contribution in [0.25, 0.3) is 0 Å². The summed E-state index contributed by atoms with van der Waals surface area (Å²) < 4.78 is 0. The van der Waals surface area contributed by atoms with Gasteiger partial charge in [-0.2, -0.15) is 0 Å². The third kappa shape index (κ3) is 5.25. The number of nitrogens with two attached hydrogens (primary N) is 1. The molecule has 0 aliphatic carbocycles. The maximum Gasteiger partial charge on any atom is 0.251 e. The Labute approximate surface area is 124 Å². The van der Waals surface area contributed by atoms with E-state index in [0.717, 1.165) is 0 Å². The molecular formula is C15H21N3O3. The first kappa shape index (κ1) is 16.7. The second-order valence-electron chi connectivity index (χ2n) is 4.88. The van der Waals surface area contributed by atoms with Crippen LogP contribution in [0.5, 0.6) is 0 Å². The number of benzene rings is 1. The first-order chi connectivity index (χ1) is 9.95. The Hall–Kier alpha value is -2.37. The van der Waals surface area contributed by atoms with Crippen molar-refractivity contribution in [1.29, 1.82) is 0 Å². The van der Waals surface area contributed by atoms with Gasteiger partial charge in [-0.1, -0.05) is 38.5 Å². The number of rotatable bonds is 7. The minimum Gasteiger partial charge on any atom is -0.368 e. The van der Waals surface area contributed by atoms with Crippen LogP contribution in [0.1, 0.15) is 30.6 Å². The number of carbonyl (C=O) groups is 3. The number of amides is 3. The number of primary amides is 1. The summed E-state index contributed by atoms with van der Waals surface area (Å²) in [6.07, 6.45) is 0.713. The monoisotopic (exact) mass is 291 g/mol. The topological polar surface area (TPSA) is 101 Å². The zero-order valence-electron chi connectivity index (χ0n) is 12.3. The van der Waals surface area contributed by atoms with Crippen LogP contribution in [0.2, 0.25) is 0 Å². The lowest BCUT2D eigenvalue weighted by Gasteiger charge is -2.21. The highest BCUT2D eigenvalue weighted by Gasteiger charge is 2.23. The predicted octanol–water partition coefficient (Wildman–Crippen LogP) is 0.433. The van der Waals surface area contributed by atoms with Crippen LogP contribution in [-0.4, -0.2) is 30.3 Å². The van der Waals surface area contributed by atoms with E-state index < -0.39 is 17.9 Å². The largest absolute Gasteiger partial charge is 0.368 e. The molecule has 1 aromatic carbocycles. The average molecular weight is 291 g/mol. The van der Waals surface area contributed by atoms with Crippen molar-refractivity contribution in [3.63, 3.8) is 0 Å². The summed E-state index contributed by atoms with van der Waals surface area (Å²) in [6, 6.07) is 7.85. The molecule has 6 heteroatoms. The minimum atomic E-state index is -0.726. The van der Waals surface area contributed by atoms with Crippen molar-refractivity contribution in [1.82, 2.24) is 10.6 Å². The fourth-order valence-corrected chi connectivity index (χ4v) is 1.81. The maximum absolute atomic E-state index is 11.8. The van der Waals surface area contributed by atoms with E-state index >= 15 is 0 Å². The van der Waals surface area contributed by atoms with Crippen molar-refractivity contribution in [2.45, 2.75) is 26.3 Å². The molecule has 0 unspecified atom stereocenters. The van der Waals surface area contributed by atoms with Crippen LogP contribution in [0.15, 0.2) is 30.3 Å². The highest BCUT2D eigenvalue weighted by molar-refractivity contribution is 5.97. The molecular weight excluding hydrogens is 270 g/mol. The lowest BCUT2D eigenvalue weighted by molar-refractivity contribution is -0.127. The normalized spacial score (nSPS) is 13.0. The van der Waals surface area contributed by atoms with Gasteiger partial charge in [0.05, 0.1) is 6.54 Å². The van der Waals surface area contributed by atoms with E-state index in [1.807, 2.05) is 13.8 Å². The molecule has 0 aliphatic rings. The summed E-state index contributed by atoms with van der Waals surface area (Å²) in [6.45, 7) is 3.54. The van der Waals surface area contributed by atoms with Crippen LogP contribution < -0.4 is 16.4 Å². The Morgan fingerprint density at radius 2 is 1.81 bits per heavy atom. The molecule has 114 valence electrons. The van der Waals surface area contributed by atoms with Crippen LogP contribution in [0, 0.1) is 5.92 Å². The Morgan fingerprint density at radius 3 is 2.33 bits per heavy atom. The van der Waals surface area contributed by atoms with Gasteiger partial charge in [-0.15, -0.1) is 0 Å². The van der Waals surface area contributed by atoms with Crippen LogP contribution in [-0.2, 0) is 9.59 Å². The maximum atomic E-state index is 11.8. The molecule has 0 aliphatic heterocycles. The van der Waals surface area contributed by atoms with Crippen LogP contribution in [0.4, 0.5) is 0 Å². The van der Waals surface area contributed by atoms with E-state index in [-0.39, 0.29) is 18.4 Å². The molecule has 0 radical (unpaired) electrons. The summed E-state index contributed by atoms with van der Waals surface area (Å²) >= 11 is 0. The number of nitrogens with one attached hydrogen (secondary N) is 2. The Bertz CT molecular complexity index is 502. The molecule has 2 atom stereocenters. The molecule has 1 aromatic rings. The molecule has 0 aromatic heterocycles. The third-order valence-corrected chi connectivity index (χ3v) is 3.28. The van der Waals surface area contributed by atoms with Crippen molar-refractivity contribution in [3.05, 3.63) is 35.9 Å². The molecule has 6 nitrogen and oxygen atoms in total. The van der Waals surface area contributed by atoms with Crippen molar-refractivity contribution < 1.29 is 14.4 Å². The van der Waals surface area contributed by atoms with Gasteiger partial charge in [0.1, 0.15) is 6.04 Å². The fourth-order valence-electron chi connectivity index (χ4n) is 1.81. The minimum absolute atomic E-state index is 0.0590. The molecule has 0 saturated carbocycles. The Balaban J connectivity index is 2.50. The van der Waals surface area contributed by atoms with E-state index in [4.69, 9.17) is 5.73 Å². The van der Waals surface area contributed by atoms with Crippen molar-refractivity contribution in [3.8, 4) is 0 Å². The molecule has 0 heterocycles. The molecule has 21 heavy (non-hydrogen) atoms. The lowest BCUT2D eigenvalue weighted by Crippen LogP contribution is -2.50. The Kier molecular flexibility index (Phi) is 6.39. The van der Waals surface area contributed by atoms with Gasteiger partial charge in [0.2, 0.25) is 11.8 Å².